The lowest BCUT2D eigenvalue weighted by Crippen LogP contribution is -2.42. The van der Waals surface area contributed by atoms with Crippen molar-refractivity contribution in [2.45, 2.75) is 19.5 Å². The summed E-state index contributed by atoms with van der Waals surface area (Å²) in [5.41, 5.74) is 0. The highest BCUT2D eigenvalue weighted by atomic mass is 32.1. The fourth-order valence-electron chi connectivity index (χ4n) is 2.00. The zero-order valence-corrected chi connectivity index (χ0v) is 11.0. The Labute approximate surface area is 109 Å². The van der Waals surface area contributed by atoms with E-state index >= 15 is 0 Å². The molecule has 0 aliphatic carbocycles. The second-order valence-electron chi connectivity index (χ2n) is 4.38. The standard InChI is InChI=1S/C12H15N3O2S/c1-9-8-16-5-4-15(9)7-11-13-12(14-17-11)10-3-2-6-18-10/h2-3,6,9H,4-5,7-8H2,1H3/t9-/m0/s1. The van der Waals surface area contributed by atoms with Crippen molar-refractivity contribution >= 4 is 11.3 Å². The van der Waals surface area contributed by atoms with Crippen LogP contribution in [0, 0.1) is 0 Å². The average molecular weight is 265 g/mol. The van der Waals surface area contributed by atoms with E-state index in [1.54, 1.807) is 11.3 Å². The summed E-state index contributed by atoms with van der Waals surface area (Å²) in [6.07, 6.45) is 0. The van der Waals surface area contributed by atoms with Crippen molar-refractivity contribution in [2.75, 3.05) is 19.8 Å². The Bertz CT molecular complexity index is 497. The first-order valence-electron chi connectivity index (χ1n) is 6.01. The van der Waals surface area contributed by atoms with Crippen molar-refractivity contribution in [3.8, 4) is 10.7 Å². The first-order chi connectivity index (χ1) is 8.83. The van der Waals surface area contributed by atoms with Gasteiger partial charge < -0.3 is 9.26 Å². The van der Waals surface area contributed by atoms with Gasteiger partial charge in [-0.25, -0.2) is 0 Å². The summed E-state index contributed by atoms with van der Waals surface area (Å²) in [6, 6.07) is 4.38. The lowest BCUT2D eigenvalue weighted by atomic mass is 10.2. The number of nitrogens with zero attached hydrogens (tertiary/aromatic N) is 3. The minimum Gasteiger partial charge on any atom is -0.379 e. The number of aromatic nitrogens is 2. The van der Waals surface area contributed by atoms with E-state index < -0.39 is 0 Å². The Hall–Kier alpha value is -1.24. The molecule has 1 fully saturated rings. The topological polar surface area (TPSA) is 51.4 Å². The van der Waals surface area contributed by atoms with Gasteiger partial charge >= 0.3 is 0 Å². The quantitative estimate of drug-likeness (QED) is 0.849. The summed E-state index contributed by atoms with van der Waals surface area (Å²) in [6.45, 7) is 5.30. The lowest BCUT2D eigenvalue weighted by Gasteiger charge is -2.31. The van der Waals surface area contributed by atoms with Crippen molar-refractivity contribution in [1.29, 1.82) is 0 Å². The molecule has 1 aliphatic heterocycles. The van der Waals surface area contributed by atoms with Crippen LogP contribution in [0.25, 0.3) is 10.7 Å². The predicted molar refractivity (Wildman–Crippen MR) is 68.3 cm³/mol. The maximum absolute atomic E-state index is 5.41. The van der Waals surface area contributed by atoms with E-state index in [0.717, 1.165) is 24.6 Å². The minimum absolute atomic E-state index is 0.399. The number of hydrogen-bond donors (Lipinski definition) is 0. The number of morpholine rings is 1. The van der Waals surface area contributed by atoms with Crippen LogP contribution in [0.15, 0.2) is 22.0 Å². The zero-order valence-electron chi connectivity index (χ0n) is 10.2. The van der Waals surface area contributed by atoms with Gasteiger partial charge in [0.25, 0.3) is 0 Å². The first kappa shape index (κ1) is 11.8. The van der Waals surface area contributed by atoms with Crippen LogP contribution in [0.1, 0.15) is 12.8 Å². The molecule has 0 N–H and O–H groups in total. The Morgan fingerprint density at radius 3 is 3.28 bits per heavy atom. The van der Waals surface area contributed by atoms with E-state index in [-0.39, 0.29) is 0 Å². The molecule has 1 saturated heterocycles. The third-order valence-electron chi connectivity index (χ3n) is 3.05. The number of hydrogen-bond acceptors (Lipinski definition) is 6. The molecular weight excluding hydrogens is 250 g/mol. The molecule has 0 saturated carbocycles. The fourth-order valence-corrected chi connectivity index (χ4v) is 2.64. The number of thiophene rings is 1. The Morgan fingerprint density at radius 2 is 2.50 bits per heavy atom. The summed E-state index contributed by atoms with van der Waals surface area (Å²) in [4.78, 5) is 7.77. The van der Waals surface area contributed by atoms with Crippen molar-refractivity contribution in [1.82, 2.24) is 15.0 Å². The van der Waals surface area contributed by atoms with E-state index in [1.807, 2.05) is 17.5 Å². The molecule has 6 heteroatoms. The molecule has 1 aliphatic rings. The highest BCUT2D eigenvalue weighted by molar-refractivity contribution is 7.13. The van der Waals surface area contributed by atoms with Crippen LogP contribution in [0.4, 0.5) is 0 Å². The van der Waals surface area contributed by atoms with Crippen molar-refractivity contribution < 1.29 is 9.26 Å². The molecule has 18 heavy (non-hydrogen) atoms. The molecule has 0 radical (unpaired) electrons. The van der Waals surface area contributed by atoms with Gasteiger partial charge in [-0.2, -0.15) is 4.98 Å². The van der Waals surface area contributed by atoms with Crippen LogP contribution >= 0.6 is 11.3 Å². The monoisotopic (exact) mass is 265 g/mol. The first-order valence-corrected chi connectivity index (χ1v) is 6.89. The van der Waals surface area contributed by atoms with Gasteiger partial charge in [-0.1, -0.05) is 11.2 Å². The van der Waals surface area contributed by atoms with E-state index in [2.05, 4.69) is 22.0 Å². The number of rotatable bonds is 3. The van der Waals surface area contributed by atoms with E-state index in [9.17, 15) is 0 Å². The second-order valence-corrected chi connectivity index (χ2v) is 5.33. The van der Waals surface area contributed by atoms with Crippen molar-refractivity contribution in [3.63, 3.8) is 0 Å². The lowest BCUT2D eigenvalue weighted by molar-refractivity contribution is -0.00852. The zero-order chi connectivity index (χ0) is 12.4. The molecule has 0 amide bonds. The molecule has 2 aromatic heterocycles. The second kappa shape index (κ2) is 5.17. The van der Waals surface area contributed by atoms with E-state index in [0.29, 0.717) is 24.3 Å². The smallest absolute Gasteiger partial charge is 0.241 e. The fraction of sp³-hybridized carbons (Fsp3) is 0.500. The van der Waals surface area contributed by atoms with Crippen LogP contribution in [-0.2, 0) is 11.3 Å². The third kappa shape index (κ3) is 2.45. The SMILES string of the molecule is C[C@H]1COCCN1Cc1nc(-c2cccs2)no1. The molecule has 3 rings (SSSR count). The van der Waals surface area contributed by atoms with Gasteiger partial charge in [0.2, 0.25) is 11.7 Å². The summed E-state index contributed by atoms with van der Waals surface area (Å²) in [7, 11) is 0. The summed E-state index contributed by atoms with van der Waals surface area (Å²) in [5.74, 6) is 1.35. The van der Waals surface area contributed by atoms with Gasteiger partial charge in [0, 0.05) is 12.6 Å². The Kier molecular flexibility index (Phi) is 3.40. The molecule has 3 heterocycles. The molecule has 0 spiro atoms. The van der Waals surface area contributed by atoms with Crippen LogP contribution in [0.5, 0.6) is 0 Å². The Balaban J connectivity index is 1.70. The van der Waals surface area contributed by atoms with Crippen LogP contribution in [-0.4, -0.2) is 40.8 Å². The van der Waals surface area contributed by atoms with Gasteiger partial charge in [-0.3, -0.25) is 4.90 Å². The summed E-state index contributed by atoms with van der Waals surface area (Å²) >= 11 is 1.62. The minimum atomic E-state index is 0.399. The highest BCUT2D eigenvalue weighted by Gasteiger charge is 2.21. The predicted octanol–water partition coefficient (Wildman–Crippen LogP) is 2.02. The maximum Gasteiger partial charge on any atom is 0.241 e. The summed E-state index contributed by atoms with van der Waals surface area (Å²) < 4.78 is 10.7. The highest BCUT2D eigenvalue weighted by Crippen LogP contribution is 2.22. The van der Waals surface area contributed by atoms with Crippen molar-refractivity contribution in [3.05, 3.63) is 23.4 Å². The molecular formula is C12H15N3O2S. The van der Waals surface area contributed by atoms with E-state index in [4.69, 9.17) is 9.26 Å². The maximum atomic E-state index is 5.41. The van der Waals surface area contributed by atoms with Gasteiger partial charge in [0.15, 0.2) is 0 Å². The molecule has 5 nitrogen and oxygen atoms in total. The molecule has 0 aromatic carbocycles. The summed E-state index contributed by atoms with van der Waals surface area (Å²) in [5, 5.41) is 6.02. The third-order valence-corrected chi connectivity index (χ3v) is 3.92. The number of ether oxygens (including phenoxy) is 1. The van der Waals surface area contributed by atoms with Gasteiger partial charge in [0.05, 0.1) is 24.6 Å². The van der Waals surface area contributed by atoms with Gasteiger partial charge in [-0.05, 0) is 18.4 Å². The van der Waals surface area contributed by atoms with Gasteiger partial charge in [0.1, 0.15) is 0 Å². The average Bonchev–Trinajstić information content (AvgIpc) is 3.02. The van der Waals surface area contributed by atoms with Gasteiger partial charge in [-0.15, -0.1) is 11.3 Å². The van der Waals surface area contributed by atoms with Crippen LogP contribution in [0.2, 0.25) is 0 Å². The largest absolute Gasteiger partial charge is 0.379 e. The van der Waals surface area contributed by atoms with Crippen LogP contribution < -0.4 is 0 Å². The Morgan fingerprint density at radius 1 is 1.56 bits per heavy atom. The molecule has 0 bridgehead atoms. The molecule has 2 aromatic rings. The normalized spacial score (nSPS) is 21.3. The van der Waals surface area contributed by atoms with Crippen LogP contribution in [0.3, 0.4) is 0 Å². The molecule has 0 unspecified atom stereocenters. The van der Waals surface area contributed by atoms with Crippen molar-refractivity contribution in [2.24, 2.45) is 0 Å². The molecule has 96 valence electrons. The van der Waals surface area contributed by atoms with E-state index in [1.165, 1.54) is 0 Å². The molecule has 1 atom stereocenters.